The Morgan fingerprint density at radius 2 is 1.74 bits per heavy atom. The van der Waals surface area contributed by atoms with Crippen molar-refractivity contribution in [3.63, 3.8) is 0 Å². The van der Waals surface area contributed by atoms with Crippen molar-refractivity contribution in [2.45, 2.75) is 25.0 Å². The average molecular weight is 544 g/mol. The Morgan fingerprint density at radius 3 is 2.32 bits per heavy atom. The Hall–Kier alpha value is -1.30. The summed E-state index contributed by atoms with van der Waals surface area (Å²) in [5, 5.41) is 7.19. The highest BCUT2D eigenvalue weighted by Crippen LogP contribution is 2.24. The quantitative estimate of drug-likeness (QED) is 0.303. The van der Waals surface area contributed by atoms with Crippen LogP contribution in [-0.2, 0) is 6.54 Å². The number of ether oxygens (including phenoxy) is 2. The molecule has 0 aliphatic carbocycles. The molecule has 0 spiro atoms. The van der Waals surface area contributed by atoms with Crippen LogP contribution >= 0.6 is 24.0 Å². The van der Waals surface area contributed by atoms with Gasteiger partial charge >= 0.3 is 0 Å². The maximum absolute atomic E-state index is 5.40. The second kappa shape index (κ2) is 11.5. The summed E-state index contributed by atoms with van der Waals surface area (Å²) in [5.74, 6) is 2.60. The molecule has 4 saturated heterocycles. The molecule has 4 aliphatic rings. The minimum absolute atomic E-state index is 0. The van der Waals surface area contributed by atoms with Gasteiger partial charge in [-0.05, 0) is 24.1 Å². The molecule has 174 valence electrons. The predicted octanol–water partition coefficient (Wildman–Crippen LogP) is 1.06. The zero-order valence-electron chi connectivity index (χ0n) is 19.0. The summed E-state index contributed by atoms with van der Waals surface area (Å²) in [7, 11) is 5.25. The predicted molar refractivity (Wildman–Crippen MR) is 135 cm³/mol. The van der Waals surface area contributed by atoms with Crippen molar-refractivity contribution in [2.24, 2.45) is 4.99 Å². The number of halogens is 1. The number of nitrogens with one attached hydrogen (secondary N) is 2. The SMILES string of the molecule is CN=C(NCC1CN2CCN1CC2)NC1CCN(Cc2cc(OC)cc(OC)c2)C1.I. The fourth-order valence-electron chi connectivity index (χ4n) is 4.83. The van der Waals surface area contributed by atoms with Crippen LogP contribution in [0, 0.1) is 0 Å². The summed E-state index contributed by atoms with van der Waals surface area (Å²) in [5.41, 5.74) is 1.21. The van der Waals surface area contributed by atoms with Gasteiger partial charge in [0, 0.05) is 84.1 Å². The average Bonchev–Trinajstić information content (AvgIpc) is 3.23. The first-order valence-corrected chi connectivity index (χ1v) is 11.0. The molecule has 31 heavy (non-hydrogen) atoms. The maximum Gasteiger partial charge on any atom is 0.191 e. The van der Waals surface area contributed by atoms with Gasteiger partial charge in [0.15, 0.2) is 5.96 Å². The molecule has 8 nitrogen and oxygen atoms in total. The van der Waals surface area contributed by atoms with Gasteiger partial charge in [0.1, 0.15) is 11.5 Å². The van der Waals surface area contributed by atoms with Gasteiger partial charge in [-0.15, -0.1) is 24.0 Å². The number of guanidine groups is 1. The number of aliphatic imine (C=N–C) groups is 1. The standard InChI is InChI=1S/C22H36N6O2.HI/c1-23-22(24-13-19-16-26-6-8-28(19)9-7-26)25-18-4-5-27(15-18)14-17-10-20(29-2)12-21(11-17)30-3;/h10-12,18-19H,4-9,13-16H2,1-3H3,(H2,23,24,25);1H. The molecule has 5 rings (SSSR count). The van der Waals surface area contributed by atoms with Crippen molar-refractivity contribution >= 4 is 29.9 Å². The summed E-state index contributed by atoms with van der Waals surface area (Å²) in [4.78, 5) is 12.1. The lowest BCUT2D eigenvalue weighted by Gasteiger charge is -2.47. The first-order valence-electron chi connectivity index (χ1n) is 11.0. The van der Waals surface area contributed by atoms with E-state index in [9.17, 15) is 0 Å². The van der Waals surface area contributed by atoms with E-state index in [2.05, 4.69) is 42.5 Å². The summed E-state index contributed by atoms with van der Waals surface area (Å²) >= 11 is 0. The van der Waals surface area contributed by atoms with Crippen molar-refractivity contribution in [2.75, 3.05) is 73.6 Å². The molecule has 2 bridgehead atoms. The molecule has 4 fully saturated rings. The monoisotopic (exact) mass is 544 g/mol. The first-order chi connectivity index (χ1) is 14.7. The Bertz CT molecular complexity index is 718. The molecule has 0 radical (unpaired) electrons. The van der Waals surface area contributed by atoms with Gasteiger partial charge in [-0.3, -0.25) is 19.7 Å². The normalized spacial score (nSPS) is 28.2. The molecular weight excluding hydrogens is 507 g/mol. The van der Waals surface area contributed by atoms with Crippen LogP contribution in [-0.4, -0.2) is 106 Å². The van der Waals surface area contributed by atoms with E-state index in [-0.39, 0.29) is 24.0 Å². The van der Waals surface area contributed by atoms with E-state index in [0.717, 1.165) is 50.1 Å². The number of hydrogen-bond acceptors (Lipinski definition) is 6. The highest BCUT2D eigenvalue weighted by molar-refractivity contribution is 14.0. The Morgan fingerprint density at radius 1 is 1.03 bits per heavy atom. The van der Waals surface area contributed by atoms with Crippen LogP contribution in [0.5, 0.6) is 11.5 Å². The number of benzene rings is 1. The molecule has 2 N–H and O–H groups in total. The highest BCUT2D eigenvalue weighted by Gasteiger charge is 2.32. The smallest absolute Gasteiger partial charge is 0.191 e. The second-order valence-corrected chi connectivity index (χ2v) is 8.53. The lowest BCUT2D eigenvalue weighted by Crippen LogP contribution is -2.64. The Labute approximate surface area is 203 Å². The van der Waals surface area contributed by atoms with E-state index < -0.39 is 0 Å². The molecule has 1 aromatic carbocycles. The van der Waals surface area contributed by atoms with Crippen LogP contribution in [0.1, 0.15) is 12.0 Å². The van der Waals surface area contributed by atoms with Crippen LogP contribution in [0.15, 0.2) is 23.2 Å². The van der Waals surface area contributed by atoms with E-state index in [1.807, 2.05) is 13.1 Å². The van der Waals surface area contributed by atoms with Crippen molar-refractivity contribution in [3.05, 3.63) is 23.8 Å². The van der Waals surface area contributed by atoms with Gasteiger partial charge in [0.25, 0.3) is 0 Å². The number of nitrogens with zero attached hydrogens (tertiary/aromatic N) is 4. The molecular formula is C22H37IN6O2. The maximum atomic E-state index is 5.40. The zero-order chi connectivity index (χ0) is 20.9. The molecule has 1 aromatic rings. The van der Waals surface area contributed by atoms with E-state index in [1.165, 1.54) is 38.3 Å². The number of likely N-dealkylation sites (tertiary alicyclic amines) is 1. The van der Waals surface area contributed by atoms with E-state index in [1.54, 1.807) is 14.2 Å². The molecule has 9 heteroatoms. The highest BCUT2D eigenvalue weighted by atomic mass is 127. The molecule has 2 unspecified atom stereocenters. The van der Waals surface area contributed by atoms with Gasteiger partial charge < -0.3 is 20.1 Å². The van der Waals surface area contributed by atoms with Gasteiger partial charge in [-0.1, -0.05) is 0 Å². The number of hydrogen-bond donors (Lipinski definition) is 2. The van der Waals surface area contributed by atoms with Gasteiger partial charge in [0.2, 0.25) is 0 Å². The lowest BCUT2D eigenvalue weighted by atomic mass is 10.1. The third-order valence-corrected chi connectivity index (χ3v) is 6.55. The summed E-state index contributed by atoms with van der Waals surface area (Å²) < 4.78 is 10.8. The number of rotatable bonds is 7. The largest absolute Gasteiger partial charge is 0.497 e. The molecule has 0 saturated carbocycles. The molecule has 0 amide bonds. The number of piperazine rings is 3. The summed E-state index contributed by atoms with van der Waals surface area (Å²) in [6.07, 6.45) is 1.12. The van der Waals surface area contributed by atoms with Gasteiger partial charge in [-0.2, -0.15) is 0 Å². The molecule has 4 heterocycles. The fourth-order valence-corrected chi connectivity index (χ4v) is 4.83. The summed E-state index contributed by atoms with van der Waals surface area (Å²) in [6.45, 7) is 9.94. The zero-order valence-corrected chi connectivity index (χ0v) is 21.3. The van der Waals surface area contributed by atoms with E-state index >= 15 is 0 Å². The van der Waals surface area contributed by atoms with Crippen molar-refractivity contribution in [1.82, 2.24) is 25.3 Å². The van der Waals surface area contributed by atoms with Crippen molar-refractivity contribution in [3.8, 4) is 11.5 Å². The Kier molecular flexibility index (Phi) is 9.06. The first kappa shape index (κ1) is 24.3. The molecule has 4 aliphatic heterocycles. The van der Waals surface area contributed by atoms with Crippen molar-refractivity contribution < 1.29 is 9.47 Å². The van der Waals surface area contributed by atoms with Gasteiger partial charge in [-0.25, -0.2) is 0 Å². The van der Waals surface area contributed by atoms with Crippen LogP contribution < -0.4 is 20.1 Å². The van der Waals surface area contributed by atoms with Crippen LogP contribution in [0.3, 0.4) is 0 Å². The van der Waals surface area contributed by atoms with Crippen LogP contribution in [0.4, 0.5) is 0 Å². The Balaban J connectivity index is 0.00000272. The third-order valence-electron chi connectivity index (χ3n) is 6.55. The topological polar surface area (TPSA) is 64.6 Å². The third kappa shape index (κ3) is 6.36. The van der Waals surface area contributed by atoms with Crippen molar-refractivity contribution in [1.29, 1.82) is 0 Å². The van der Waals surface area contributed by atoms with E-state index in [0.29, 0.717) is 12.1 Å². The number of methoxy groups -OCH3 is 2. The van der Waals surface area contributed by atoms with Crippen LogP contribution in [0.25, 0.3) is 0 Å². The van der Waals surface area contributed by atoms with Crippen LogP contribution in [0.2, 0.25) is 0 Å². The van der Waals surface area contributed by atoms with E-state index in [4.69, 9.17) is 9.47 Å². The van der Waals surface area contributed by atoms with Gasteiger partial charge in [0.05, 0.1) is 14.2 Å². The molecule has 0 aromatic heterocycles. The minimum Gasteiger partial charge on any atom is -0.497 e. The fraction of sp³-hybridized carbons (Fsp3) is 0.682. The molecule has 2 atom stereocenters. The minimum atomic E-state index is 0. The lowest BCUT2D eigenvalue weighted by molar-refractivity contribution is 0.0154. The second-order valence-electron chi connectivity index (χ2n) is 8.53. The summed E-state index contributed by atoms with van der Waals surface area (Å²) in [6, 6.07) is 7.10. The number of fused-ring (bicyclic) bond motifs is 3.